The molecule has 0 aliphatic carbocycles. The van der Waals surface area contributed by atoms with E-state index in [2.05, 4.69) is 0 Å². The lowest BCUT2D eigenvalue weighted by molar-refractivity contribution is -0.0163. The third-order valence-electron chi connectivity index (χ3n) is 2.35. The molecule has 2 atom stereocenters. The number of carbonyl (C=O) groups is 1. The van der Waals surface area contributed by atoms with Gasteiger partial charge in [0.15, 0.2) is 11.5 Å². The van der Waals surface area contributed by atoms with E-state index < -0.39 is 18.8 Å². The van der Waals surface area contributed by atoms with Crippen molar-refractivity contribution >= 4 is 6.29 Å². The van der Waals surface area contributed by atoms with Gasteiger partial charge in [0.25, 0.3) is 0 Å². The van der Waals surface area contributed by atoms with E-state index in [1.807, 2.05) is 0 Å². The van der Waals surface area contributed by atoms with Crippen LogP contribution in [-0.2, 0) is 0 Å². The van der Waals surface area contributed by atoms with Gasteiger partial charge in [0.1, 0.15) is 18.5 Å². The summed E-state index contributed by atoms with van der Waals surface area (Å²) in [7, 11) is 1.29. The minimum absolute atomic E-state index is 0.00814. The number of aldehydes is 1. The summed E-state index contributed by atoms with van der Waals surface area (Å²) >= 11 is 0. The Bertz CT molecular complexity index is 403. The quantitative estimate of drug-likeness (QED) is 0.523. The molecule has 0 fully saturated rings. The number of rotatable bonds is 5. The van der Waals surface area contributed by atoms with E-state index >= 15 is 0 Å². The lowest BCUT2D eigenvalue weighted by Gasteiger charge is -2.18. The number of ether oxygens (including phenoxy) is 1. The minimum Gasteiger partial charge on any atom is -0.504 e. The average Bonchev–Trinajstić information content (AvgIpc) is 2.37. The number of hydrogen-bond acceptors (Lipinski definition) is 6. The second-order valence-electron chi connectivity index (χ2n) is 3.47. The minimum atomic E-state index is -1.51. The zero-order valence-corrected chi connectivity index (χ0v) is 9.20. The van der Waals surface area contributed by atoms with Gasteiger partial charge in [0.2, 0.25) is 0 Å². The maximum absolute atomic E-state index is 10.7. The molecule has 0 amide bonds. The first kappa shape index (κ1) is 13.4. The average molecular weight is 242 g/mol. The number of hydrogen-bond donors (Lipinski definition) is 4. The van der Waals surface area contributed by atoms with Crippen molar-refractivity contribution in [3.05, 3.63) is 23.3 Å². The third kappa shape index (κ3) is 2.73. The van der Waals surface area contributed by atoms with Crippen LogP contribution < -0.4 is 4.74 Å². The SMILES string of the molecule is COc1cc(C=O)cc(C(O)C(O)CO)c1O. The van der Waals surface area contributed by atoms with Crippen LogP contribution in [-0.4, -0.2) is 46.5 Å². The fourth-order valence-electron chi connectivity index (χ4n) is 1.41. The summed E-state index contributed by atoms with van der Waals surface area (Å²) in [5.41, 5.74) is 0.104. The number of aliphatic hydroxyl groups is 3. The van der Waals surface area contributed by atoms with E-state index in [9.17, 15) is 20.1 Å². The first-order valence-electron chi connectivity index (χ1n) is 4.88. The summed E-state index contributed by atoms with van der Waals surface area (Å²) in [4.78, 5) is 10.7. The predicted molar refractivity (Wildman–Crippen MR) is 58.1 cm³/mol. The molecule has 0 bridgehead atoms. The van der Waals surface area contributed by atoms with Crippen LogP contribution in [0.4, 0.5) is 0 Å². The van der Waals surface area contributed by atoms with Crippen molar-refractivity contribution < 1.29 is 30.0 Å². The smallest absolute Gasteiger partial charge is 0.163 e. The molecule has 2 unspecified atom stereocenters. The zero-order valence-electron chi connectivity index (χ0n) is 9.20. The van der Waals surface area contributed by atoms with E-state index in [1.165, 1.54) is 19.2 Å². The summed E-state index contributed by atoms with van der Waals surface area (Å²) in [5, 5.41) is 37.4. The molecule has 0 radical (unpaired) electrons. The fraction of sp³-hybridized carbons (Fsp3) is 0.364. The van der Waals surface area contributed by atoms with Crippen LogP contribution in [0.15, 0.2) is 12.1 Å². The Labute approximate surface area is 97.7 Å². The molecule has 0 saturated heterocycles. The van der Waals surface area contributed by atoms with E-state index in [-0.39, 0.29) is 22.6 Å². The third-order valence-corrected chi connectivity index (χ3v) is 2.35. The summed E-state index contributed by atoms with van der Waals surface area (Å²) in [6.07, 6.45) is -2.44. The molecule has 17 heavy (non-hydrogen) atoms. The van der Waals surface area contributed by atoms with Crippen molar-refractivity contribution in [3.8, 4) is 11.5 Å². The highest BCUT2D eigenvalue weighted by Gasteiger charge is 2.23. The van der Waals surface area contributed by atoms with Gasteiger partial charge in [0, 0.05) is 11.1 Å². The molecule has 6 nitrogen and oxygen atoms in total. The van der Waals surface area contributed by atoms with Crippen LogP contribution in [0.1, 0.15) is 22.0 Å². The molecule has 0 heterocycles. The second-order valence-corrected chi connectivity index (χ2v) is 3.47. The number of phenolic OH excluding ortho intramolecular Hbond substituents is 1. The summed E-state index contributed by atoms with van der Waals surface area (Å²) in [6, 6.07) is 2.51. The Morgan fingerprint density at radius 1 is 1.41 bits per heavy atom. The molecule has 1 rings (SSSR count). The molecule has 1 aromatic carbocycles. The molecule has 94 valence electrons. The van der Waals surface area contributed by atoms with E-state index in [0.29, 0.717) is 6.29 Å². The highest BCUT2D eigenvalue weighted by atomic mass is 16.5. The largest absolute Gasteiger partial charge is 0.504 e. The van der Waals surface area contributed by atoms with E-state index in [0.717, 1.165) is 0 Å². The number of aliphatic hydroxyl groups excluding tert-OH is 3. The monoisotopic (exact) mass is 242 g/mol. The summed E-state index contributed by atoms with van der Waals surface area (Å²) < 4.78 is 4.83. The lowest BCUT2D eigenvalue weighted by atomic mass is 10.0. The second kappa shape index (κ2) is 5.62. The molecular weight excluding hydrogens is 228 g/mol. The van der Waals surface area contributed by atoms with Crippen molar-refractivity contribution in [1.29, 1.82) is 0 Å². The molecular formula is C11H14O6. The summed E-state index contributed by atoms with van der Waals surface area (Å²) in [6.45, 7) is -0.672. The number of phenols is 1. The number of methoxy groups -OCH3 is 1. The summed E-state index contributed by atoms with van der Waals surface area (Å²) in [5.74, 6) is -0.369. The maximum atomic E-state index is 10.7. The standard InChI is InChI=1S/C11H14O6/c1-17-9-3-6(4-12)2-7(11(9)16)10(15)8(14)5-13/h2-4,8,10,13-16H,5H2,1H3. The molecule has 0 saturated carbocycles. The van der Waals surface area contributed by atoms with Gasteiger partial charge in [-0.3, -0.25) is 4.79 Å². The van der Waals surface area contributed by atoms with Crippen LogP contribution in [0.2, 0.25) is 0 Å². The van der Waals surface area contributed by atoms with Gasteiger partial charge < -0.3 is 25.2 Å². The Balaban J connectivity index is 3.26. The first-order chi connectivity index (χ1) is 8.04. The molecule has 0 spiro atoms. The number of carbonyl (C=O) groups excluding carboxylic acids is 1. The molecule has 1 aromatic rings. The highest BCUT2D eigenvalue weighted by Crippen LogP contribution is 2.35. The van der Waals surface area contributed by atoms with Gasteiger partial charge >= 0.3 is 0 Å². The lowest BCUT2D eigenvalue weighted by Crippen LogP contribution is -2.22. The molecule has 0 aliphatic heterocycles. The Kier molecular flexibility index (Phi) is 4.45. The highest BCUT2D eigenvalue weighted by molar-refractivity contribution is 5.77. The van der Waals surface area contributed by atoms with Crippen LogP contribution in [0.5, 0.6) is 11.5 Å². The van der Waals surface area contributed by atoms with E-state index in [4.69, 9.17) is 9.84 Å². The van der Waals surface area contributed by atoms with Crippen LogP contribution in [0, 0.1) is 0 Å². The van der Waals surface area contributed by atoms with Gasteiger partial charge in [0.05, 0.1) is 13.7 Å². The van der Waals surface area contributed by atoms with Gasteiger partial charge in [-0.05, 0) is 12.1 Å². The van der Waals surface area contributed by atoms with E-state index in [1.54, 1.807) is 0 Å². The molecule has 4 N–H and O–H groups in total. The topological polar surface area (TPSA) is 107 Å². The van der Waals surface area contributed by atoms with Gasteiger partial charge in [-0.15, -0.1) is 0 Å². The van der Waals surface area contributed by atoms with Crippen LogP contribution in [0.3, 0.4) is 0 Å². The number of benzene rings is 1. The van der Waals surface area contributed by atoms with Crippen molar-refractivity contribution in [3.63, 3.8) is 0 Å². The molecule has 0 aliphatic rings. The zero-order chi connectivity index (χ0) is 13.0. The maximum Gasteiger partial charge on any atom is 0.163 e. The van der Waals surface area contributed by atoms with Crippen molar-refractivity contribution in [2.24, 2.45) is 0 Å². The Hall–Kier alpha value is -1.63. The van der Waals surface area contributed by atoms with Crippen LogP contribution >= 0.6 is 0 Å². The van der Waals surface area contributed by atoms with Crippen LogP contribution in [0.25, 0.3) is 0 Å². The normalized spacial score (nSPS) is 14.1. The van der Waals surface area contributed by atoms with Crippen molar-refractivity contribution in [2.45, 2.75) is 12.2 Å². The Morgan fingerprint density at radius 3 is 2.53 bits per heavy atom. The van der Waals surface area contributed by atoms with Crippen molar-refractivity contribution in [2.75, 3.05) is 13.7 Å². The predicted octanol–water partition coefficient (Wildman–Crippen LogP) is -0.400. The first-order valence-corrected chi connectivity index (χ1v) is 4.88. The van der Waals surface area contributed by atoms with Gasteiger partial charge in [-0.25, -0.2) is 0 Å². The fourth-order valence-corrected chi connectivity index (χ4v) is 1.41. The van der Waals surface area contributed by atoms with Crippen molar-refractivity contribution in [1.82, 2.24) is 0 Å². The Morgan fingerprint density at radius 2 is 2.06 bits per heavy atom. The van der Waals surface area contributed by atoms with Gasteiger partial charge in [-0.2, -0.15) is 0 Å². The molecule has 0 aromatic heterocycles. The van der Waals surface area contributed by atoms with Gasteiger partial charge in [-0.1, -0.05) is 0 Å². The number of aromatic hydroxyl groups is 1. The molecule has 6 heteroatoms.